The van der Waals surface area contributed by atoms with Crippen LogP contribution in [0.5, 0.6) is 0 Å². The standard InChI is InChI=1S/C30H36O6/c1-10-13-22-23(14-11-2)26(29(32)35-17-20(6)7)27(30(33)36-18-21(8)9)24(15-12-3)25(22)28(31)34-16-19(4)5/h10-12H,1-4,6,8,13-18H2,5,7,9H3. The lowest BCUT2D eigenvalue weighted by molar-refractivity contribution is 0.0488. The molecule has 0 amide bonds. The minimum Gasteiger partial charge on any atom is -0.458 e. The summed E-state index contributed by atoms with van der Waals surface area (Å²) in [5.74, 6) is -2.19. The number of ether oxygens (including phenoxy) is 3. The lowest BCUT2D eigenvalue weighted by Crippen LogP contribution is -2.25. The molecule has 1 rings (SSSR count). The quantitative estimate of drug-likeness (QED) is 0.168. The number of allylic oxidation sites excluding steroid dienone is 3. The van der Waals surface area contributed by atoms with Gasteiger partial charge in [-0.15, -0.1) is 19.7 Å². The van der Waals surface area contributed by atoms with Crippen LogP contribution in [0, 0.1) is 0 Å². The van der Waals surface area contributed by atoms with Crippen LogP contribution in [0.4, 0.5) is 0 Å². The Morgan fingerprint density at radius 3 is 1.17 bits per heavy atom. The third-order valence-electron chi connectivity index (χ3n) is 4.83. The van der Waals surface area contributed by atoms with Crippen LogP contribution >= 0.6 is 0 Å². The number of hydrogen-bond acceptors (Lipinski definition) is 6. The molecule has 0 unspecified atom stereocenters. The maximum Gasteiger partial charge on any atom is 0.339 e. The number of benzene rings is 1. The van der Waals surface area contributed by atoms with E-state index in [1.165, 1.54) is 6.08 Å². The van der Waals surface area contributed by atoms with Crippen LogP contribution in [0.1, 0.15) is 68.5 Å². The molecule has 1 aromatic rings. The molecule has 0 radical (unpaired) electrons. The molecule has 0 atom stereocenters. The summed E-state index contributed by atoms with van der Waals surface area (Å²) in [5, 5.41) is 0. The zero-order valence-electron chi connectivity index (χ0n) is 21.7. The van der Waals surface area contributed by atoms with Gasteiger partial charge in [0.25, 0.3) is 0 Å². The molecule has 192 valence electrons. The van der Waals surface area contributed by atoms with Gasteiger partial charge >= 0.3 is 17.9 Å². The Kier molecular flexibility index (Phi) is 12.1. The Morgan fingerprint density at radius 2 is 0.833 bits per heavy atom. The number of hydrogen-bond donors (Lipinski definition) is 0. The van der Waals surface area contributed by atoms with Crippen molar-refractivity contribution in [1.29, 1.82) is 0 Å². The zero-order chi connectivity index (χ0) is 27.4. The van der Waals surface area contributed by atoms with E-state index in [2.05, 4.69) is 39.5 Å². The number of rotatable bonds is 15. The van der Waals surface area contributed by atoms with Crippen molar-refractivity contribution in [3.63, 3.8) is 0 Å². The maximum absolute atomic E-state index is 13.4. The third-order valence-corrected chi connectivity index (χ3v) is 4.83. The van der Waals surface area contributed by atoms with E-state index in [0.29, 0.717) is 27.8 Å². The largest absolute Gasteiger partial charge is 0.458 e. The second-order valence-electron chi connectivity index (χ2n) is 8.64. The Bertz CT molecular complexity index is 1100. The molecule has 0 heterocycles. The Balaban J connectivity index is 4.18. The second-order valence-corrected chi connectivity index (χ2v) is 8.64. The molecule has 36 heavy (non-hydrogen) atoms. The van der Waals surface area contributed by atoms with Crippen LogP contribution in [-0.4, -0.2) is 37.7 Å². The van der Waals surface area contributed by atoms with Crippen molar-refractivity contribution in [2.24, 2.45) is 0 Å². The summed E-state index contributed by atoms with van der Waals surface area (Å²) < 4.78 is 16.4. The smallest absolute Gasteiger partial charge is 0.339 e. The van der Waals surface area contributed by atoms with Gasteiger partial charge in [-0.25, -0.2) is 14.4 Å². The highest BCUT2D eigenvalue weighted by molar-refractivity contribution is 6.09. The van der Waals surface area contributed by atoms with Gasteiger partial charge in [0.2, 0.25) is 0 Å². The minimum atomic E-state index is -0.790. The van der Waals surface area contributed by atoms with Crippen molar-refractivity contribution in [2.45, 2.75) is 40.0 Å². The van der Waals surface area contributed by atoms with Gasteiger partial charge in [0.15, 0.2) is 0 Å². The molecular weight excluding hydrogens is 456 g/mol. The van der Waals surface area contributed by atoms with Gasteiger partial charge in [-0.1, -0.05) is 38.0 Å². The van der Waals surface area contributed by atoms with E-state index in [0.717, 1.165) is 0 Å². The Hall–Kier alpha value is -3.93. The van der Waals surface area contributed by atoms with Crippen molar-refractivity contribution < 1.29 is 28.6 Å². The molecule has 0 aliphatic rings. The first-order valence-corrected chi connectivity index (χ1v) is 11.5. The van der Waals surface area contributed by atoms with Gasteiger partial charge in [0.05, 0.1) is 16.7 Å². The first kappa shape index (κ1) is 30.1. The van der Waals surface area contributed by atoms with Crippen LogP contribution in [0.3, 0.4) is 0 Å². The van der Waals surface area contributed by atoms with Crippen LogP contribution in [0.15, 0.2) is 74.4 Å². The van der Waals surface area contributed by atoms with Gasteiger partial charge in [-0.2, -0.15) is 0 Å². The zero-order valence-corrected chi connectivity index (χ0v) is 21.7. The molecule has 0 bridgehead atoms. The van der Waals surface area contributed by atoms with E-state index in [-0.39, 0.29) is 61.3 Å². The van der Waals surface area contributed by atoms with Crippen LogP contribution < -0.4 is 0 Å². The average molecular weight is 493 g/mol. The highest BCUT2D eigenvalue weighted by Gasteiger charge is 2.34. The summed E-state index contributed by atoms with van der Waals surface area (Å²) in [6.45, 7) is 27.7. The molecule has 0 saturated carbocycles. The Morgan fingerprint density at radius 1 is 0.556 bits per heavy atom. The average Bonchev–Trinajstić information content (AvgIpc) is 2.80. The molecule has 1 aromatic carbocycles. The normalized spacial score (nSPS) is 10.1. The molecule has 0 aromatic heterocycles. The van der Waals surface area contributed by atoms with Gasteiger partial charge in [0, 0.05) is 0 Å². The molecule has 6 heteroatoms. The van der Waals surface area contributed by atoms with Crippen LogP contribution in [0.25, 0.3) is 0 Å². The maximum atomic E-state index is 13.4. The molecule has 0 aliphatic heterocycles. The molecule has 0 aliphatic carbocycles. The number of carbonyl (C=O) groups is 3. The van der Waals surface area contributed by atoms with E-state index >= 15 is 0 Å². The summed E-state index contributed by atoms with van der Waals surface area (Å²) in [6.07, 6.45) is 5.22. The SMILES string of the molecule is C=CCc1c(CC=C)c(C(=O)OCC(=C)C)c(C(=O)OCC(=C)C)c(CC=C)c1C(=O)OCC(=C)C. The highest BCUT2D eigenvalue weighted by Crippen LogP contribution is 2.33. The molecular formula is C30H36O6. The van der Waals surface area contributed by atoms with Crippen molar-refractivity contribution in [1.82, 2.24) is 0 Å². The molecule has 0 spiro atoms. The monoisotopic (exact) mass is 492 g/mol. The summed E-state index contributed by atoms with van der Waals surface area (Å²) >= 11 is 0. The summed E-state index contributed by atoms with van der Waals surface area (Å²) in [7, 11) is 0. The van der Waals surface area contributed by atoms with Crippen molar-refractivity contribution >= 4 is 17.9 Å². The van der Waals surface area contributed by atoms with Gasteiger partial charge < -0.3 is 14.2 Å². The molecule has 0 N–H and O–H groups in total. The highest BCUT2D eigenvalue weighted by atomic mass is 16.5. The number of carbonyl (C=O) groups excluding carboxylic acids is 3. The van der Waals surface area contributed by atoms with Crippen molar-refractivity contribution in [3.05, 3.63) is 108 Å². The topological polar surface area (TPSA) is 78.9 Å². The first-order valence-electron chi connectivity index (χ1n) is 11.5. The minimum absolute atomic E-state index is 0.00543. The fraction of sp³-hybridized carbons (Fsp3) is 0.300. The lowest BCUT2D eigenvalue weighted by atomic mass is 9.82. The second kappa shape index (κ2) is 14.5. The van der Waals surface area contributed by atoms with Crippen LogP contribution in [-0.2, 0) is 33.5 Å². The van der Waals surface area contributed by atoms with E-state index in [1.54, 1.807) is 32.9 Å². The van der Waals surface area contributed by atoms with Crippen LogP contribution in [0.2, 0.25) is 0 Å². The summed E-state index contributed by atoms with van der Waals surface area (Å²) in [6, 6.07) is 0. The predicted molar refractivity (Wildman–Crippen MR) is 143 cm³/mol. The summed E-state index contributed by atoms with van der Waals surface area (Å²) in [4.78, 5) is 40.2. The van der Waals surface area contributed by atoms with Crippen molar-refractivity contribution in [2.75, 3.05) is 19.8 Å². The first-order chi connectivity index (χ1) is 17.0. The van der Waals surface area contributed by atoms with E-state index < -0.39 is 17.9 Å². The van der Waals surface area contributed by atoms with Gasteiger partial charge in [0.1, 0.15) is 19.8 Å². The lowest BCUT2D eigenvalue weighted by Gasteiger charge is -2.24. The fourth-order valence-electron chi connectivity index (χ4n) is 3.48. The van der Waals surface area contributed by atoms with Gasteiger partial charge in [-0.05, 0) is 73.4 Å². The molecule has 6 nitrogen and oxygen atoms in total. The number of esters is 3. The van der Waals surface area contributed by atoms with E-state index in [4.69, 9.17) is 14.2 Å². The van der Waals surface area contributed by atoms with Gasteiger partial charge in [-0.3, -0.25) is 0 Å². The summed E-state index contributed by atoms with van der Waals surface area (Å²) in [5.41, 5.74) is 3.13. The fourth-order valence-corrected chi connectivity index (χ4v) is 3.48. The molecule has 0 saturated heterocycles. The predicted octanol–water partition coefficient (Wildman–Crippen LogP) is 6.07. The van der Waals surface area contributed by atoms with E-state index in [9.17, 15) is 14.4 Å². The van der Waals surface area contributed by atoms with E-state index in [1.807, 2.05) is 0 Å². The van der Waals surface area contributed by atoms with Crippen molar-refractivity contribution in [3.8, 4) is 0 Å². The molecule has 0 fully saturated rings. The third kappa shape index (κ3) is 8.08. The Labute approximate surface area is 214 Å².